The standard InChI is InChI=1S/C16H16BrN3O2/c17-13-5-1-11(2-6-13)9-10-19-16(22)20-14-7-3-12(4-8-14)15(18)21/h1-8H,9-10H2,(H2,18,21)(H2,19,20,22). The van der Waals surface area contributed by atoms with Crippen molar-refractivity contribution >= 4 is 33.6 Å². The van der Waals surface area contributed by atoms with Gasteiger partial charge >= 0.3 is 6.03 Å². The Kier molecular flexibility index (Phi) is 5.55. The summed E-state index contributed by atoms with van der Waals surface area (Å²) in [6.45, 7) is 0.535. The van der Waals surface area contributed by atoms with Gasteiger partial charge in [0.1, 0.15) is 0 Å². The molecule has 0 unspecified atom stereocenters. The van der Waals surface area contributed by atoms with Crippen LogP contribution in [0.25, 0.3) is 0 Å². The molecule has 2 aromatic carbocycles. The zero-order valence-electron chi connectivity index (χ0n) is 11.8. The molecule has 0 aliphatic rings. The van der Waals surface area contributed by atoms with Gasteiger partial charge in [-0.15, -0.1) is 0 Å². The van der Waals surface area contributed by atoms with E-state index < -0.39 is 5.91 Å². The highest BCUT2D eigenvalue weighted by Crippen LogP contribution is 2.11. The minimum Gasteiger partial charge on any atom is -0.366 e. The molecule has 0 heterocycles. The molecule has 3 amide bonds. The first-order valence-corrected chi connectivity index (χ1v) is 7.53. The minimum atomic E-state index is -0.495. The summed E-state index contributed by atoms with van der Waals surface area (Å²) in [6, 6.07) is 14.1. The highest BCUT2D eigenvalue weighted by atomic mass is 79.9. The van der Waals surface area contributed by atoms with Crippen LogP contribution in [0.4, 0.5) is 10.5 Å². The number of rotatable bonds is 5. The van der Waals surface area contributed by atoms with E-state index in [-0.39, 0.29) is 6.03 Å². The van der Waals surface area contributed by atoms with Crippen LogP contribution in [-0.4, -0.2) is 18.5 Å². The second-order valence-electron chi connectivity index (χ2n) is 4.70. The molecular formula is C16H16BrN3O2. The average Bonchev–Trinajstić information content (AvgIpc) is 2.50. The number of carbonyl (C=O) groups is 2. The summed E-state index contributed by atoms with van der Waals surface area (Å²) < 4.78 is 1.03. The molecule has 0 bridgehead atoms. The Labute approximate surface area is 137 Å². The zero-order chi connectivity index (χ0) is 15.9. The maximum atomic E-state index is 11.8. The predicted molar refractivity (Wildman–Crippen MR) is 89.8 cm³/mol. The highest BCUT2D eigenvalue weighted by Gasteiger charge is 2.03. The number of halogens is 1. The monoisotopic (exact) mass is 361 g/mol. The third-order valence-corrected chi connectivity index (χ3v) is 3.57. The maximum absolute atomic E-state index is 11.8. The zero-order valence-corrected chi connectivity index (χ0v) is 13.4. The van der Waals surface area contributed by atoms with Gasteiger partial charge in [-0.1, -0.05) is 28.1 Å². The Morgan fingerprint density at radius 3 is 2.23 bits per heavy atom. The number of nitrogens with one attached hydrogen (secondary N) is 2. The lowest BCUT2D eigenvalue weighted by molar-refractivity contribution is 0.100. The number of benzene rings is 2. The highest BCUT2D eigenvalue weighted by molar-refractivity contribution is 9.10. The summed E-state index contributed by atoms with van der Waals surface area (Å²) in [5.41, 5.74) is 7.31. The van der Waals surface area contributed by atoms with Gasteiger partial charge in [-0.2, -0.15) is 0 Å². The number of carbonyl (C=O) groups excluding carboxylic acids is 2. The lowest BCUT2D eigenvalue weighted by Crippen LogP contribution is -2.30. The van der Waals surface area contributed by atoms with Gasteiger partial charge in [-0.25, -0.2) is 4.79 Å². The van der Waals surface area contributed by atoms with E-state index in [0.29, 0.717) is 17.8 Å². The summed E-state index contributed by atoms with van der Waals surface area (Å²) in [4.78, 5) is 22.7. The fourth-order valence-electron chi connectivity index (χ4n) is 1.86. The van der Waals surface area contributed by atoms with E-state index >= 15 is 0 Å². The smallest absolute Gasteiger partial charge is 0.319 e. The molecule has 22 heavy (non-hydrogen) atoms. The van der Waals surface area contributed by atoms with Crippen LogP contribution in [0.15, 0.2) is 53.0 Å². The van der Waals surface area contributed by atoms with E-state index in [4.69, 9.17) is 5.73 Å². The van der Waals surface area contributed by atoms with Crippen molar-refractivity contribution in [2.75, 3.05) is 11.9 Å². The van der Waals surface area contributed by atoms with E-state index in [0.717, 1.165) is 16.5 Å². The van der Waals surface area contributed by atoms with Gasteiger partial charge in [-0.05, 0) is 48.4 Å². The number of amides is 3. The van der Waals surface area contributed by atoms with Crippen LogP contribution in [0.3, 0.4) is 0 Å². The number of anilines is 1. The second kappa shape index (κ2) is 7.61. The Morgan fingerprint density at radius 2 is 1.64 bits per heavy atom. The molecule has 0 aromatic heterocycles. The summed E-state index contributed by atoms with van der Waals surface area (Å²) in [7, 11) is 0. The molecule has 0 saturated heterocycles. The quantitative estimate of drug-likeness (QED) is 0.764. The molecule has 6 heteroatoms. The van der Waals surface area contributed by atoms with Gasteiger partial charge in [0, 0.05) is 22.3 Å². The molecule has 4 N–H and O–H groups in total. The Bertz CT molecular complexity index is 654. The number of urea groups is 1. The molecule has 2 rings (SSSR count). The van der Waals surface area contributed by atoms with Crippen LogP contribution >= 0.6 is 15.9 Å². The molecule has 114 valence electrons. The van der Waals surface area contributed by atoms with Crippen molar-refractivity contribution in [3.8, 4) is 0 Å². The van der Waals surface area contributed by atoms with Crippen LogP contribution in [-0.2, 0) is 6.42 Å². The van der Waals surface area contributed by atoms with Crippen molar-refractivity contribution in [3.63, 3.8) is 0 Å². The Hall–Kier alpha value is -2.34. The lowest BCUT2D eigenvalue weighted by atomic mass is 10.1. The Morgan fingerprint density at radius 1 is 1.00 bits per heavy atom. The molecule has 0 spiro atoms. The van der Waals surface area contributed by atoms with Crippen LogP contribution < -0.4 is 16.4 Å². The van der Waals surface area contributed by atoms with Gasteiger partial charge in [-0.3, -0.25) is 4.79 Å². The van der Waals surface area contributed by atoms with E-state index in [1.807, 2.05) is 24.3 Å². The topological polar surface area (TPSA) is 84.2 Å². The first-order valence-electron chi connectivity index (χ1n) is 6.74. The van der Waals surface area contributed by atoms with Gasteiger partial charge < -0.3 is 16.4 Å². The molecular weight excluding hydrogens is 346 g/mol. The molecule has 0 aliphatic heterocycles. The SMILES string of the molecule is NC(=O)c1ccc(NC(=O)NCCc2ccc(Br)cc2)cc1. The van der Waals surface area contributed by atoms with Crippen molar-refractivity contribution in [2.24, 2.45) is 5.73 Å². The van der Waals surface area contributed by atoms with Gasteiger partial charge in [0.15, 0.2) is 0 Å². The predicted octanol–water partition coefficient (Wildman–Crippen LogP) is 2.91. The fraction of sp³-hybridized carbons (Fsp3) is 0.125. The largest absolute Gasteiger partial charge is 0.366 e. The minimum absolute atomic E-state index is 0.288. The number of nitrogens with two attached hydrogens (primary N) is 1. The van der Waals surface area contributed by atoms with E-state index in [9.17, 15) is 9.59 Å². The number of hydrogen-bond acceptors (Lipinski definition) is 2. The van der Waals surface area contributed by atoms with E-state index in [1.54, 1.807) is 24.3 Å². The van der Waals surface area contributed by atoms with Crippen molar-refractivity contribution in [3.05, 3.63) is 64.1 Å². The first-order chi connectivity index (χ1) is 10.5. The lowest BCUT2D eigenvalue weighted by Gasteiger charge is -2.08. The number of primary amides is 1. The van der Waals surface area contributed by atoms with Crippen molar-refractivity contribution < 1.29 is 9.59 Å². The van der Waals surface area contributed by atoms with Crippen LogP contribution in [0.5, 0.6) is 0 Å². The fourth-order valence-corrected chi connectivity index (χ4v) is 2.13. The van der Waals surface area contributed by atoms with Crippen molar-refractivity contribution in [2.45, 2.75) is 6.42 Å². The average molecular weight is 362 g/mol. The van der Waals surface area contributed by atoms with Crippen molar-refractivity contribution in [1.82, 2.24) is 5.32 Å². The van der Waals surface area contributed by atoms with Crippen LogP contribution in [0.1, 0.15) is 15.9 Å². The molecule has 0 fully saturated rings. The Balaban J connectivity index is 1.77. The molecule has 0 radical (unpaired) electrons. The summed E-state index contributed by atoms with van der Waals surface area (Å²) >= 11 is 3.38. The molecule has 0 aliphatic carbocycles. The van der Waals surface area contributed by atoms with Gasteiger partial charge in [0.25, 0.3) is 0 Å². The summed E-state index contributed by atoms with van der Waals surface area (Å²) in [6.07, 6.45) is 0.751. The number of hydrogen-bond donors (Lipinski definition) is 3. The van der Waals surface area contributed by atoms with Crippen LogP contribution in [0, 0.1) is 0 Å². The van der Waals surface area contributed by atoms with E-state index in [2.05, 4.69) is 26.6 Å². The van der Waals surface area contributed by atoms with Gasteiger partial charge in [0.2, 0.25) is 5.91 Å². The second-order valence-corrected chi connectivity index (χ2v) is 5.61. The molecule has 0 atom stereocenters. The molecule has 0 saturated carbocycles. The molecule has 5 nitrogen and oxygen atoms in total. The van der Waals surface area contributed by atoms with Gasteiger partial charge in [0.05, 0.1) is 0 Å². The van der Waals surface area contributed by atoms with Crippen LogP contribution in [0.2, 0.25) is 0 Å². The summed E-state index contributed by atoms with van der Waals surface area (Å²) in [5.74, 6) is -0.495. The van der Waals surface area contributed by atoms with E-state index in [1.165, 1.54) is 0 Å². The molecule has 2 aromatic rings. The summed E-state index contributed by atoms with van der Waals surface area (Å²) in [5, 5.41) is 5.47. The third kappa shape index (κ3) is 4.89. The third-order valence-electron chi connectivity index (χ3n) is 3.04. The normalized spacial score (nSPS) is 10.0. The first kappa shape index (κ1) is 16.0. The maximum Gasteiger partial charge on any atom is 0.319 e. The van der Waals surface area contributed by atoms with Crippen molar-refractivity contribution in [1.29, 1.82) is 0 Å².